The molecule has 0 atom stereocenters. The largest absolute Gasteiger partial charge is 0.350 e. The summed E-state index contributed by atoms with van der Waals surface area (Å²) in [4.78, 5) is 20.8. The minimum Gasteiger partial charge on any atom is -0.350 e. The number of hydrogen-bond acceptors (Lipinski definition) is 5. The lowest BCUT2D eigenvalue weighted by Gasteiger charge is -2.11. The predicted octanol–water partition coefficient (Wildman–Crippen LogP) is 2.75. The van der Waals surface area contributed by atoms with E-state index in [4.69, 9.17) is 14.5 Å². The molecule has 1 saturated heterocycles. The maximum Gasteiger partial charge on any atom is 0.278 e. The second kappa shape index (κ2) is 6.58. The summed E-state index contributed by atoms with van der Waals surface area (Å²) in [5, 5.41) is 1.73. The molecular formula is C17H19N3O3S. The number of thioether (sulfide) groups is 1. The van der Waals surface area contributed by atoms with E-state index in [1.165, 1.54) is 0 Å². The number of para-hydroxylation sites is 1. The molecule has 3 heterocycles. The van der Waals surface area contributed by atoms with Crippen LogP contribution in [0.25, 0.3) is 21.9 Å². The van der Waals surface area contributed by atoms with E-state index < -0.39 is 0 Å². The molecule has 24 heavy (non-hydrogen) atoms. The first kappa shape index (κ1) is 15.7. The molecule has 0 spiro atoms. The van der Waals surface area contributed by atoms with Gasteiger partial charge < -0.3 is 14.5 Å². The van der Waals surface area contributed by atoms with Gasteiger partial charge in [-0.25, -0.2) is 4.98 Å². The summed E-state index contributed by atoms with van der Waals surface area (Å²) in [7, 11) is 0. The summed E-state index contributed by atoms with van der Waals surface area (Å²) >= 11 is 1.58. The number of hydrogen-bond donors (Lipinski definition) is 1. The first-order valence-corrected chi connectivity index (χ1v) is 9.13. The molecule has 1 N–H and O–H groups in total. The van der Waals surface area contributed by atoms with Gasteiger partial charge in [0.15, 0.2) is 11.4 Å². The van der Waals surface area contributed by atoms with Crippen molar-refractivity contribution in [2.24, 2.45) is 0 Å². The van der Waals surface area contributed by atoms with Gasteiger partial charge in [0, 0.05) is 29.6 Å². The fourth-order valence-corrected chi connectivity index (χ4v) is 4.00. The van der Waals surface area contributed by atoms with Gasteiger partial charge in [-0.3, -0.25) is 9.36 Å². The third-order valence-corrected chi connectivity index (χ3v) is 5.18. The molecule has 2 aromatic heterocycles. The Kier molecular flexibility index (Phi) is 4.30. The fourth-order valence-electron chi connectivity index (χ4n) is 2.99. The average Bonchev–Trinajstić information content (AvgIpc) is 3.23. The summed E-state index contributed by atoms with van der Waals surface area (Å²) < 4.78 is 12.6. The van der Waals surface area contributed by atoms with Crippen molar-refractivity contribution in [1.29, 1.82) is 0 Å². The second-order valence-electron chi connectivity index (χ2n) is 5.65. The molecule has 6 nitrogen and oxygen atoms in total. The van der Waals surface area contributed by atoms with Crippen LogP contribution in [-0.4, -0.2) is 39.8 Å². The van der Waals surface area contributed by atoms with Crippen molar-refractivity contribution in [3.05, 3.63) is 34.6 Å². The zero-order valence-electron chi connectivity index (χ0n) is 13.4. The van der Waals surface area contributed by atoms with Crippen molar-refractivity contribution >= 4 is 33.7 Å². The van der Waals surface area contributed by atoms with Crippen molar-refractivity contribution in [2.45, 2.75) is 31.3 Å². The maximum atomic E-state index is 12.8. The van der Waals surface area contributed by atoms with E-state index in [9.17, 15) is 4.79 Å². The Morgan fingerprint density at radius 1 is 1.33 bits per heavy atom. The van der Waals surface area contributed by atoms with E-state index in [-0.39, 0.29) is 11.8 Å². The van der Waals surface area contributed by atoms with Crippen molar-refractivity contribution in [3.8, 4) is 0 Å². The van der Waals surface area contributed by atoms with Crippen molar-refractivity contribution in [1.82, 2.24) is 14.5 Å². The lowest BCUT2D eigenvalue weighted by Crippen LogP contribution is -2.22. The predicted molar refractivity (Wildman–Crippen MR) is 94.6 cm³/mol. The number of H-pyrrole nitrogens is 1. The topological polar surface area (TPSA) is 69.1 Å². The Morgan fingerprint density at radius 3 is 2.92 bits per heavy atom. The van der Waals surface area contributed by atoms with E-state index >= 15 is 0 Å². The van der Waals surface area contributed by atoms with Gasteiger partial charge in [-0.15, -0.1) is 0 Å². The molecule has 1 aliphatic rings. The number of benzene rings is 1. The molecule has 1 aromatic carbocycles. The first-order chi connectivity index (χ1) is 11.8. The highest BCUT2D eigenvalue weighted by molar-refractivity contribution is 7.99. The van der Waals surface area contributed by atoms with Crippen LogP contribution < -0.4 is 5.56 Å². The highest BCUT2D eigenvalue weighted by atomic mass is 32.2. The number of ether oxygens (including phenoxy) is 2. The highest BCUT2D eigenvalue weighted by Gasteiger charge is 2.18. The zero-order chi connectivity index (χ0) is 16.5. The van der Waals surface area contributed by atoms with Crippen LogP contribution in [-0.2, 0) is 16.0 Å². The summed E-state index contributed by atoms with van der Waals surface area (Å²) in [6, 6.07) is 7.87. The van der Waals surface area contributed by atoms with Crippen LogP contribution in [0.2, 0.25) is 0 Å². The summed E-state index contributed by atoms with van der Waals surface area (Å²) in [5.41, 5.74) is 2.24. The van der Waals surface area contributed by atoms with E-state index in [2.05, 4.69) is 4.98 Å². The molecule has 0 amide bonds. The normalized spacial score (nSPS) is 15.7. The standard InChI is InChI=1S/C17H19N3O3S/c1-2-20-16(21)15-14(11-5-3-4-6-12(11)18-15)19-17(20)24-10-7-13-22-8-9-23-13/h3-6,13,18H,2,7-10H2,1H3. The Hall–Kier alpha value is -1.83. The van der Waals surface area contributed by atoms with Crippen LogP contribution in [0.5, 0.6) is 0 Å². The summed E-state index contributed by atoms with van der Waals surface area (Å²) in [6.07, 6.45) is 0.659. The summed E-state index contributed by atoms with van der Waals surface area (Å²) in [5.74, 6) is 0.797. The van der Waals surface area contributed by atoms with E-state index in [0.717, 1.165) is 33.7 Å². The molecule has 126 valence electrons. The molecule has 0 saturated carbocycles. The quantitative estimate of drug-likeness (QED) is 0.569. The fraction of sp³-hybridized carbons (Fsp3) is 0.412. The Bertz CT molecular complexity index is 928. The molecule has 4 rings (SSSR count). The van der Waals surface area contributed by atoms with Crippen LogP contribution in [0, 0.1) is 0 Å². The van der Waals surface area contributed by atoms with E-state index in [0.29, 0.717) is 25.3 Å². The Morgan fingerprint density at radius 2 is 2.12 bits per heavy atom. The van der Waals surface area contributed by atoms with Crippen LogP contribution >= 0.6 is 11.8 Å². The smallest absolute Gasteiger partial charge is 0.278 e. The lowest BCUT2D eigenvalue weighted by atomic mass is 10.2. The lowest BCUT2D eigenvalue weighted by molar-refractivity contribution is -0.0421. The molecular weight excluding hydrogens is 326 g/mol. The van der Waals surface area contributed by atoms with E-state index in [1.54, 1.807) is 16.3 Å². The Balaban J connectivity index is 1.70. The molecule has 7 heteroatoms. The zero-order valence-corrected chi connectivity index (χ0v) is 14.3. The van der Waals surface area contributed by atoms with Gasteiger partial charge in [0.25, 0.3) is 5.56 Å². The van der Waals surface area contributed by atoms with Gasteiger partial charge in [-0.1, -0.05) is 30.0 Å². The van der Waals surface area contributed by atoms with Gasteiger partial charge in [0.05, 0.1) is 13.2 Å². The number of aromatic nitrogens is 3. The Labute approximate surface area is 143 Å². The number of nitrogens with zero attached hydrogens (tertiary/aromatic N) is 2. The van der Waals surface area contributed by atoms with Crippen LogP contribution in [0.1, 0.15) is 13.3 Å². The molecule has 0 bridgehead atoms. The van der Waals surface area contributed by atoms with Crippen molar-refractivity contribution < 1.29 is 9.47 Å². The number of nitrogens with one attached hydrogen (secondary N) is 1. The van der Waals surface area contributed by atoms with Crippen LogP contribution in [0.3, 0.4) is 0 Å². The molecule has 3 aromatic rings. The monoisotopic (exact) mass is 345 g/mol. The van der Waals surface area contributed by atoms with Crippen molar-refractivity contribution in [2.75, 3.05) is 19.0 Å². The maximum absolute atomic E-state index is 12.8. The highest BCUT2D eigenvalue weighted by Crippen LogP contribution is 2.25. The van der Waals surface area contributed by atoms with Gasteiger partial charge in [-0.05, 0) is 13.0 Å². The SMILES string of the molecule is CCn1c(SCCC2OCCO2)nc2c([nH]c3ccccc32)c1=O. The third kappa shape index (κ3) is 2.72. The first-order valence-electron chi connectivity index (χ1n) is 8.15. The molecule has 1 aliphatic heterocycles. The summed E-state index contributed by atoms with van der Waals surface area (Å²) in [6.45, 7) is 3.88. The second-order valence-corrected chi connectivity index (χ2v) is 6.71. The molecule has 0 unspecified atom stereocenters. The van der Waals surface area contributed by atoms with Gasteiger partial charge in [0.2, 0.25) is 0 Å². The van der Waals surface area contributed by atoms with Gasteiger partial charge in [-0.2, -0.15) is 0 Å². The molecule has 1 fully saturated rings. The molecule has 0 aliphatic carbocycles. The third-order valence-electron chi connectivity index (χ3n) is 4.17. The number of rotatable bonds is 5. The van der Waals surface area contributed by atoms with Crippen LogP contribution in [0.4, 0.5) is 0 Å². The van der Waals surface area contributed by atoms with E-state index in [1.807, 2.05) is 31.2 Å². The molecule has 0 radical (unpaired) electrons. The minimum absolute atomic E-state index is 0.0189. The van der Waals surface area contributed by atoms with Crippen LogP contribution in [0.15, 0.2) is 34.2 Å². The van der Waals surface area contributed by atoms with Gasteiger partial charge in [0.1, 0.15) is 11.0 Å². The van der Waals surface area contributed by atoms with Gasteiger partial charge >= 0.3 is 0 Å². The minimum atomic E-state index is -0.129. The average molecular weight is 345 g/mol. The number of aromatic amines is 1. The van der Waals surface area contributed by atoms with Crippen molar-refractivity contribution in [3.63, 3.8) is 0 Å². The number of fused-ring (bicyclic) bond motifs is 3.